The quantitative estimate of drug-likeness (QED) is 0.663. The first-order valence-electron chi connectivity index (χ1n) is 10.3. The first-order valence-corrected chi connectivity index (χ1v) is 10.3. The van der Waals surface area contributed by atoms with Gasteiger partial charge >= 0.3 is 0 Å². The highest BCUT2D eigenvalue weighted by Crippen LogP contribution is 2.15. The molecule has 1 fully saturated rings. The Labute approximate surface area is 176 Å². The second kappa shape index (κ2) is 9.61. The number of hydrogen-bond donors (Lipinski definition) is 2. The minimum Gasteiger partial charge on any atom is -0.393 e. The number of aromatic nitrogens is 2. The summed E-state index contributed by atoms with van der Waals surface area (Å²) in [6.45, 7) is 3.22. The van der Waals surface area contributed by atoms with Gasteiger partial charge in [0, 0.05) is 44.1 Å². The first kappa shape index (κ1) is 20.2. The Bertz CT molecular complexity index is 951. The van der Waals surface area contributed by atoms with E-state index >= 15 is 0 Å². The first-order chi connectivity index (χ1) is 14.7. The summed E-state index contributed by atoms with van der Waals surface area (Å²) in [5, 5.41) is 12.5. The number of hydrogen-bond acceptors (Lipinski definition) is 5. The van der Waals surface area contributed by atoms with E-state index in [0.717, 1.165) is 43.6 Å². The molecule has 1 aliphatic heterocycles. The van der Waals surface area contributed by atoms with Crippen LogP contribution < -0.4 is 5.32 Å². The normalized spacial score (nSPS) is 15.1. The lowest BCUT2D eigenvalue weighted by Crippen LogP contribution is -2.35. The molecule has 2 heterocycles. The topological polar surface area (TPSA) is 78.4 Å². The van der Waals surface area contributed by atoms with Gasteiger partial charge in [-0.15, -0.1) is 0 Å². The van der Waals surface area contributed by atoms with E-state index in [1.54, 1.807) is 12.4 Å². The Kier molecular flexibility index (Phi) is 6.47. The molecule has 0 radical (unpaired) electrons. The van der Waals surface area contributed by atoms with Crippen LogP contribution in [0.5, 0.6) is 0 Å². The van der Waals surface area contributed by atoms with Crippen molar-refractivity contribution >= 4 is 5.91 Å². The molecule has 0 atom stereocenters. The Balaban J connectivity index is 1.28. The number of benzene rings is 2. The molecule has 1 amide bonds. The van der Waals surface area contributed by atoms with Crippen molar-refractivity contribution in [3.8, 4) is 11.4 Å². The zero-order valence-electron chi connectivity index (χ0n) is 16.9. The van der Waals surface area contributed by atoms with Gasteiger partial charge in [0.1, 0.15) is 0 Å². The van der Waals surface area contributed by atoms with Crippen LogP contribution >= 0.6 is 0 Å². The Hall–Kier alpha value is -3.09. The van der Waals surface area contributed by atoms with Crippen molar-refractivity contribution in [3.05, 3.63) is 83.7 Å². The standard InChI is InChI=1S/C24H26N4O2/c29-22-10-12-28(13-11-22)17-19-8-6-18(7-9-19)14-27-24(30)21-15-25-23(26-16-21)20-4-2-1-3-5-20/h1-9,15-16,22,29H,10-14,17H2,(H,27,30). The van der Waals surface area contributed by atoms with Gasteiger partial charge in [0.05, 0.1) is 11.7 Å². The zero-order valence-corrected chi connectivity index (χ0v) is 16.9. The van der Waals surface area contributed by atoms with Crippen molar-refractivity contribution in [3.63, 3.8) is 0 Å². The molecule has 2 N–H and O–H groups in total. The molecule has 154 valence electrons. The maximum atomic E-state index is 12.4. The van der Waals surface area contributed by atoms with E-state index in [-0.39, 0.29) is 12.0 Å². The van der Waals surface area contributed by atoms with Crippen molar-refractivity contribution in [1.29, 1.82) is 0 Å². The molecule has 30 heavy (non-hydrogen) atoms. The predicted octanol–water partition coefficient (Wildman–Crippen LogP) is 3.03. The molecular weight excluding hydrogens is 376 g/mol. The molecule has 0 unspecified atom stereocenters. The molecule has 3 aromatic rings. The fraction of sp³-hybridized carbons (Fsp3) is 0.292. The number of piperidine rings is 1. The molecule has 2 aromatic carbocycles. The van der Waals surface area contributed by atoms with Crippen LogP contribution in [0.15, 0.2) is 67.0 Å². The largest absolute Gasteiger partial charge is 0.393 e. The second-order valence-electron chi connectivity index (χ2n) is 7.67. The zero-order chi connectivity index (χ0) is 20.8. The number of carbonyl (C=O) groups is 1. The third-order valence-electron chi connectivity index (χ3n) is 5.39. The van der Waals surface area contributed by atoms with E-state index in [0.29, 0.717) is 17.9 Å². The lowest BCUT2D eigenvalue weighted by Gasteiger charge is -2.29. The van der Waals surface area contributed by atoms with Gasteiger partial charge in [-0.3, -0.25) is 9.69 Å². The van der Waals surface area contributed by atoms with Crippen LogP contribution in [0.2, 0.25) is 0 Å². The molecule has 1 aliphatic rings. The molecule has 6 nitrogen and oxygen atoms in total. The molecule has 0 aliphatic carbocycles. The Morgan fingerprint density at radius 3 is 2.27 bits per heavy atom. The molecule has 4 rings (SSSR count). The lowest BCUT2D eigenvalue weighted by atomic mass is 10.1. The van der Waals surface area contributed by atoms with Crippen LogP contribution in [0, 0.1) is 0 Å². The van der Waals surface area contributed by atoms with Crippen LogP contribution in [-0.4, -0.2) is 45.1 Å². The molecule has 1 saturated heterocycles. The average Bonchev–Trinajstić information content (AvgIpc) is 2.80. The summed E-state index contributed by atoms with van der Waals surface area (Å²) < 4.78 is 0. The van der Waals surface area contributed by atoms with E-state index in [9.17, 15) is 9.90 Å². The highest BCUT2D eigenvalue weighted by molar-refractivity contribution is 5.93. The van der Waals surface area contributed by atoms with Crippen molar-refractivity contribution < 1.29 is 9.90 Å². The number of rotatable bonds is 6. The van der Waals surface area contributed by atoms with Crippen LogP contribution in [0.3, 0.4) is 0 Å². The van der Waals surface area contributed by atoms with Crippen LogP contribution in [0.25, 0.3) is 11.4 Å². The maximum Gasteiger partial charge on any atom is 0.254 e. The number of aliphatic hydroxyl groups excluding tert-OH is 1. The molecule has 0 spiro atoms. The summed E-state index contributed by atoms with van der Waals surface area (Å²) in [5.74, 6) is 0.413. The van der Waals surface area contributed by atoms with E-state index < -0.39 is 0 Å². The van der Waals surface area contributed by atoms with Gasteiger partial charge in [-0.1, -0.05) is 54.6 Å². The maximum absolute atomic E-state index is 12.4. The molecule has 0 saturated carbocycles. The number of likely N-dealkylation sites (tertiary alicyclic amines) is 1. The minimum absolute atomic E-state index is 0.146. The highest BCUT2D eigenvalue weighted by Gasteiger charge is 2.16. The van der Waals surface area contributed by atoms with Crippen molar-refractivity contribution in [2.45, 2.75) is 32.0 Å². The number of nitrogens with zero attached hydrogens (tertiary/aromatic N) is 3. The van der Waals surface area contributed by atoms with Gasteiger partial charge in [-0.2, -0.15) is 0 Å². The van der Waals surface area contributed by atoms with Gasteiger partial charge in [0.15, 0.2) is 5.82 Å². The van der Waals surface area contributed by atoms with E-state index in [1.165, 1.54) is 5.56 Å². The fourth-order valence-corrected chi connectivity index (χ4v) is 3.56. The van der Waals surface area contributed by atoms with E-state index in [4.69, 9.17) is 0 Å². The van der Waals surface area contributed by atoms with Gasteiger partial charge in [-0.25, -0.2) is 9.97 Å². The highest BCUT2D eigenvalue weighted by atomic mass is 16.3. The molecule has 0 bridgehead atoms. The Morgan fingerprint density at radius 1 is 0.967 bits per heavy atom. The van der Waals surface area contributed by atoms with E-state index in [2.05, 4.69) is 32.3 Å². The number of amides is 1. The van der Waals surface area contributed by atoms with Crippen molar-refractivity contribution in [1.82, 2.24) is 20.2 Å². The number of nitrogens with one attached hydrogen (secondary N) is 1. The number of carbonyl (C=O) groups excluding carboxylic acids is 1. The smallest absolute Gasteiger partial charge is 0.254 e. The summed E-state index contributed by atoms with van der Waals surface area (Å²) in [4.78, 5) is 23.4. The second-order valence-corrected chi connectivity index (χ2v) is 7.67. The third-order valence-corrected chi connectivity index (χ3v) is 5.39. The van der Waals surface area contributed by atoms with Crippen LogP contribution in [0.4, 0.5) is 0 Å². The van der Waals surface area contributed by atoms with E-state index in [1.807, 2.05) is 42.5 Å². The van der Waals surface area contributed by atoms with Crippen LogP contribution in [-0.2, 0) is 13.1 Å². The van der Waals surface area contributed by atoms with Gasteiger partial charge in [0.25, 0.3) is 5.91 Å². The molecular formula is C24H26N4O2. The summed E-state index contributed by atoms with van der Waals surface area (Å²) in [6, 6.07) is 18.0. The Morgan fingerprint density at radius 2 is 1.60 bits per heavy atom. The number of aliphatic hydroxyl groups is 1. The van der Waals surface area contributed by atoms with Crippen molar-refractivity contribution in [2.24, 2.45) is 0 Å². The summed E-state index contributed by atoms with van der Waals surface area (Å²) in [6.07, 6.45) is 4.67. The summed E-state index contributed by atoms with van der Waals surface area (Å²) in [5.41, 5.74) is 3.65. The van der Waals surface area contributed by atoms with Crippen LogP contribution in [0.1, 0.15) is 34.3 Å². The predicted molar refractivity (Wildman–Crippen MR) is 116 cm³/mol. The monoisotopic (exact) mass is 402 g/mol. The SMILES string of the molecule is O=C(NCc1ccc(CN2CCC(O)CC2)cc1)c1cnc(-c2ccccc2)nc1. The molecule has 6 heteroatoms. The van der Waals surface area contributed by atoms with Crippen molar-refractivity contribution in [2.75, 3.05) is 13.1 Å². The third kappa shape index (κ3) is 5.28. The van der Waals surface area contributed by atoms with Gasteiger partial charge in [0.2, 0.25) is 0 Å². The summed E-state index contributed by atoms with van der Waals surface area (Å²) in [7, 11) is 0. The fourth-order valence-electron chi connectivity index (χ4n) is 3.56. The lowest BCUT2D eigenvalue weighted by molar-refractivity contribution is 0.0792. The van der Waals surface area contributed by atoms with Gasteiger partial charge in [-0.05, 0) is 24.0 Å². The minimum atomic E-state index is -0.189. The summed E-state index contributed by atoms with van der Waals surface area (Å²) >= 11 is 0. The molecule has 1 aromatic heterocycles. The average molecular weight is 402 g/mol. The van der Waals surface area contributed by atoms with Gasteiger partial charge < -0.3 is 10.4 Å².